The number of benzene rings is 1. The number of hydrogen-bond donors (Lipinski definition) is 1. The van der Waals surface area contributed by atoms with Gasteiger partial charge in [-0.3, -0.25) is 0 Å². The lowest BCUT2D eigenvalue weighted by Gasteiger charge is -1.95. The molecule has 0 heterocycles. The van der Waals surface area contributed by atoms with Gasteiger partial charge in [0.2, 0.25) is 0 Å². The summed E-state index contributed by atoms with van der Waals surface area (Å²) >= 11 is 0. The Hall–Kier alpha value is -1.47. The molecule has 0 aliphatic carbocycles. The molecule has 13 heavy (non-hydrogen) atoms. The summed E-state index contributed by atoms with van der Waals surface area (Å²) in [6.07, 6.45) is 0. The molecular formula is C9H6F3N. The number of nitrogens with two attached hydrogens (primary N) is 1. The smallest absolute Gasteiger partial charge is 0.161 e. The van der Waals surface area contributed by atoms with Gasteiger partial charge >= 0.3 is 0 Å². The van der Waals surface area contributed by atoms with Crippen LogP contribution in [0.25, 0.3) is 0 Å². The molecule has 1 nitrogen and oxygen atoms in total. The van der Waals surface area contributed by atoms with Crippen molar-refractivity contribution in [2.24, 2.45) is 5.73 Å². The Morgan fingerprint density at radius 3 is 2.31 bits per heavy atom. The standard InChI is InChI=1S/C9H6F3N/c10-7-5-9(12)8(11)4-6(7)2-1-3-13/h4-5H,3,13H2. The fourth-order valence-electron chi connectivity index (χ4n) is 0.765. The highest BCUT2D eigenvalue weighted by Gasteiger charge is 2.07. The summed E-state index contributed by atoms with van der Waals surface area (Å²) in [6.45, 7) is 0.0401. The average molecular weight is 185 g/mol. The van der Waals surface area contributed by atoms with E-state index in [2.05, 4.69) is 11.8 Å². The van der Waals surface area contributed by atoms with E-state index in [0.29, 0.717) is 12.1 Å². The molecule has 68 valence electrons. The average Bonchev–Trinajstić information content (AvgIpc) is 2.09. The first-order chi connectivity index (χ1) is 6.15. The van der Waals surface area contributed by atoms with Crippen molar-refractivity contribution in [3.05, 3.63) is 35.1 Å². The topological polar surface area (TPSA) is 26.0 Å². The van der Waals surface area contributed by atoms with Crippen LogP contribution in [-0.2, 0) is 0 Å². The van der Waals surface area contributed by atoms with Crippen LogP contribution in [0.1, 0.15) is 5.56 Å². The van der Waals surface area contributed by atoms with E-state index in [0.717, 1.165) is 0 Å². The summed E-state index contributed by atoms with van der Waals surface area (Å²) in [6, 6.07) is 1.16. The Labute approximate surface area is 73.4 Å². The van der Waals surface area contributed by atoms with Crippen molar-refractivity contribution in [3.8, 4) is 11.8 Å². The van der Waals surface area contributed by atoms with Gasteiger partial charge in [0.25, 0.3) is 0 Å². The van der Waals surface area contributed by atoms with Crippen LogP contribution < -0.4 is 5.73 Å². The summed E-state index contributed by atoms with van der Waals surface area (Å²) in [5.41, 5.74) is 4.84. The summed E-state index contributed by atoms with van der Waals surface area (Å²) in [5, 5.41) is 0. The monoisotopic (exact) mass is 185 g/mol. The first-order valence-electron chi connectivity index (χ1n) is 3.48. The Morgan fingerprint density at radius 1 is 1.08 bits per heavy atom. The summed E-state index contributed by atoms with van der Waals surface area (Å²) in [4.78, 5) is 0. The first kappa shape index (κ1) is 9.62. The van der Waals surface area contributed by atoms with Crippen molar-refractivity contribution in [2.45, 2.75) is 0 Å². The molecule has 0 saturated carbocycles. The fraction of sp³-hybridized carbons (Fsp3) is 0.111. The molecule has 1 aromatic rings. The van der Waals surface area contributed by atoms with Crippen molar-refractivity contribution in [2.75, 3.05) is 6.54 Å². The molecule has 0 aromatic heterocycles. The van der Waals surface area contributed by atoms with Gasteiger partial charge in [-0.2, -0.15) is 0 Å². The highest BCUT2D eigenvalue weighted by Crippen LogP contribution is 2.12. The highest BCUT2D eigenvalue weighted by atomic mass is 19.2. The van der Waals surface area contributed by atoms with Gasteiger partial charge < -0.3 is 5.73 Å². The van der Waals surface area contributed by atoms with E-state index >= 15 is 0 Å². The molecule has 0 spiro atoms. The zero-order valence-electron chi connectivity index (χ0n) is 6.57. The third-order valence-corrected chi connectivity index (χ3v) is 1.34. The second-order valence-electron chi connectivity index (χ2n) is 2.25. The number of halogens is 3. The Morgan fingerprint density at radius 2 is 1.69 bits per heavy atom. The lowest BCUT2D eigenvalue weighted by molar-refractivity contribution is 0.494. The van der Waals surface area contributed by atoms with E-state index in [1.165, 1.54) is 0 Å². The summed E-state index contributed by atoms with van der Waals surface area (Å²) < 4.78 is 37.7. The van der Waals surface area contributed by atoms with Crippen LogP contribution in [-0.4, -0.2) is 6.54 Å². The minimum atomic E-state index is -1.23. The van der Waals surface area contributed by atoms with Gasteiger partial charge in [-0.15, -0.1) is 0 Å². The second kappa shape index (κ2) is 3.97. The van der Waals surface area contributed by atoms with E-state index < -0.39 is 17.5 Å². The maximum Gasteiger partial charge on any atom is 0.161 e. The molecule has 0 atom stereocenters. The van der Waals surface area contributed by atoms with Crippen molar-refractivity contribution < 1.29 is 13.2 Å². The molecule has 4 heteroatoms. The summed E-state index contributed by atoms with van der Waals surface area (Å²) in [7, 11) is 0. The Bertz CT molecular complexity index is 376. The van der Waals surface area contributed by atoms with Crippen LogP contribution in [0.4, 0.5) is 13.2 Å². The quantitative estimate of drug-likeness (QED) is 0.480. The largest absolute Gasteiger partial charge is 0.320 e. The zero-order valence-corrected chi connectivity index (χ0v) is 6.57. The van der Waals surface area contributed by atoms with Gasteiger partial charge in [-0.1, -0.05) is 11.8 Å². The van der Waals surface area contributed by atoms with Crippen molar-refractivity contribution >= 4 is 0 Å². The molecule has 0 saturated heterocycles. The van der Waals surface area contributed by atoms with Crippen LogP contribution in [0, 0.1) is 29.3 Å². The minimum Gasteiger partial charge on any atom is -0.320 e. The van der Waals surface area contributed by atoms with Crippen LogP contribution in [0.5, 0.6) is 0 Å². The molecule has 2 N–H and O–H groups in total. The zero-order chi connectivity index (χ0) is 9.84. The first-order valence-corrected chi connectivity index (χ1v) is 3.48. The van der Waals surface area contributed by atoms with Crippen molar-refractivity contribution in [1.82, 2.24) is 0 Å². The number of hydrogen-bond acceptors (Lipinski definition) is 1. The van der Waals surface area contributed by atoms with E-state index in [4.69, 9.17) is 5.73 Å². The maximum atomic E-state index is 12.8. The minimum absolute atomic E-state index is 0.0401. The van der Waals surface area contributed by atoms with Crippen LogP contribution in [0.3, 0.4) is 0 Å². The van der Waals surface area contributed by atoms with Gasteiger partial charge in [0, 0.05) is 6.07 Å². The molecule has 0 fully saturated rings. The Kier molecular flexibility index (Phi) is 2.93. The molecule has 0 aliphatic heterocycles. The highest BCUT2D eigenvalue weighted by molar-refractivity contribution is 5.36. The van der Waals surface area contributed by atoms with Crippen LogP contribution in [0.2, 0.25) is 0 Å². The number of rotatable bonds is 0. The van der Waals surface area contributed by atoms with E-state index in [1.54, 1.807) is 0 Å². The van der Waals surface area contributed by atoms with E-state index in [1.807, 2.05) is 0 Å². The van der Waals surface area contributed by atoms with Crippen LogP contribution >= 0.6 is 0 Å². The molecule has 0 amide bonds. The summed E-state index contributed by atoms with van der Waals surface area (Å²) in [5.74, 6) is 1.39. The second-order valence-corrected chi connectivity index (χ2v) is 2.25. The molecule has 1 aromatic carbocycles. The van der Waals surface area contributed by atoms with E-state index in [9.17, 15) is 13.2 Å². The van der Waals surface area contributed by atoms with Gasteiger partial charge in [0.05, 0.1) is 12.1 Å². The molecule has 0 radical (unpaired) electrons. The normalized spacial score (nSPS) is 9.23. The predicted molar refractivity (Wildman–Crippen MR) is 42.2 cm³/mol. The molecule has 0 unspecified atom stereocenters. The van der Waals surface area contributed by atoms with Gasteiger partial charge in [-0.05, 0) is 6.07 Å². The lowest BCUT2D eigenvalue weighted by Crippen LogP contribution is -1.95. The molecule has 0 bridgehead atoms. The molecule has 0 aliphatic rings. The van der Waals surface area contributed by atoms with Crippen LogP contribution in [0.15, 0.2) is 12.1 Å². The maximum absolute atomic E-state index is 12.8. The Balaban J connectivity index is 3.16. The third kappa shape index (κ3) is 2.23. The van der Waals surface area contributed by atoms with Gasteiger partial charge in [-0.25, -0.2) is 13.2 Å². The van der Waals surface area contributed by atoms with Gasteiger partial charge in [0.15, 0.2) is 11.6 Å². The molecular weight excluding hydrogens is 179 g/mol. The van der Waals surface area contributed by atoms with Gasteiger partial charge in [0.1, 0.15) is 5.82 Å². The van der Waals surface area contributed by atoms with Crippen molar-refractivity contribution in [1.29, 1.82) is 0 Å². The van der Waals surface area contributed by atoms with E-state index in [-0.39, 0.29) is 12.1 Å². The predicted octanol–water partition coefficient (Wildman–Crippen LogP) is 1.41. The fourth-order valence-corrected chi connectivity index (χ4v) is 0.765. The lowest BCUT2D eigenvalue weighted by atomic mass is 10.2. The SMILES string of the molecule is NCC#Cc1cc(F)c(F)cc1F. The molecule has 1 rings (SSSR count). The van der Waals surface area contributed by atoms with Crippen molar-refractivity contribution in [3.63, 3.8) is 0 Å². The third-order valence-electron chi connectivity index (χ3n) is 1.34.